The van der Waals surface area contributed by atoms with Crippen molar-refractivity contribution in [3.05, 3.63) is 83.9 Å². The number of carbonyl (C=O) groups is 2. The molecule has 36 heavy (non-hydrogen) atoms. The van der Waals surface area contributed by atoms with E-state index >= 15 is 0 Å². The van der Waals surface area contributed by atoms with E-state index in [0.717, 1.165) is 34.1 Å². The first-order chi connectivity index (χ1) is 17.3. The third-order valence-electron chi connectivity index (χ3n) is 5.61. The predicted octanol–water partition coefficient (Wildman–Crippen LogP) is 2.72. The van der Waals surface area contributed by atoms with Gasteiger partial charge in [-0.05, 0) is 48.9 Å². The van der Waals surface area contributed by atoms with E-state index in [1.54, 1.807) is 31.3 Å². The number of carbonyl (C=O) groups excluding carboxylic acids is 2. The van der Waals surface area contributed by atoms with Crippen LogP contribution >= 0.6 is 0 Å². The summed E-state index contributed by atoms with van der Waals surface area (Å²) in [6, 6.07) is 22.3. The number of rotatable bonds is 9. The molecule has 4 rings (SSSR count). The van der Waals surface area contributed by atoms with Gasteiger partial charge in [-0.25, -0.2) is 17.8 Å². The minimum absolute atomic E-state index is 0.151. The normalized spacial score (nSPS) is 11.4. The summed E-state index contributed by atoms with van der Waals surface area (Å²) in [5.41, 5.74) is 4.46. The van der Waals surface area contributed by atoms with E-state index in [-0.39, 0.29) is 18.4 Å². The van der Waals surface area contributed by atoms with E-state index in [2.05, 4.69) is 15.4 Å². The lowest BCUT2D eigenvalue weighted by Gasteiger charge is -2.06. The lowest BCUT2D eigenvalue weighted by Crippen LogP contribution is -2.29. The van der Waals surface area contributed by atoms with Crippen molar-refractivity contribution in [2.24, 2.45) is 0 Å². The van der Waals surface area contributed by atoms with Crippen LogP contribution in [-0.2, 0) is 10.0 Å². The molecule has 0 aliphatic carbocycles. The van der Waals surface area contributed by atoms with Gasteiger partial charge in [0.2, 0.25) is 10.0 Å². The fourth-order valence-corrected chi connectivity index (χ4v) is 4.32. The fraction of sp³-hybridized carbons (Fsp3) is 0.192. The first-order valence-corrected chi connectivity index (χ1v) is 13.3. The number of para-hydroxylation sites is 1. The van der Waals surface area contributed by atoms with Crippen LogP contribution in [0, 0.1) is 0 Å². The number of nitrogens with one attached hydrogen (secondary N) is 3. The SMILES string of the molecule is CNC(=O)c1ccc(-n2nc(-c3ccc(C(=O)NCCCNS(C)(=O)=O)cc3)c3ccccc32)cc1. The Morgan fingerprint density at radius 2 is 1.50 bits per heavy atom. The zero-order valence-corrected chi connectivity index (χ0v) is 20.8. The van der Waals surface area contributed by atoms with Crippen LogP contribution in [0.3, 0.4) is 0 Å². The van der Waals surface area contributed by atoms with E-state index < -0.39 is 10.0 Å². The van der Waals surface area contributed by atoms with Crippen molar-refractivity contribution in [2.75, 3.05) is 26.4 Å². The van der Waals surface area contributed by atoms with E-state index in [9.17, 15) is 18.0 Å². The zero-order chi connectivity index (χ0) is 25.7. The van der Waals surface area contributed by atoms with Gasteiger partial charge in [-0.2, -0.15) is 5.10 Å². The molecule has 0 spiro atoms. The molecule has 9 nitrogen and oxygen atoms in total. The van der Waals surface area contributed by atoms with E-state index in [4.69, 9.17) is 5.10 Å². The van der Waals surface area contributed by atoms with Crippen LogP contribution in [0.25, 0.3) is 27.8 Å². The first-order valence-electron chi connectivity index (χ1n) is 11.4. The van der Waals surface area contributed by atoms with E-state index in [1.165, 1.54) is 0 Å². The summed E-state index contributed by atoms with van der Waals surface area (Å²) in [6.07, 6.45) is 1.59. The Hall–Kier alpha value is -4.02. The number of benzene rings is 3. The van der Waals surface area contributed by atoms with E-state index in [0.29, 0.717) is 24.1 Å². The minimum Gasteiger partial charge on any atom is -0.355 e. The number of amides is 2. The van der Waals surface area contributed by atoms with Gasteiger partial charge >= 0.3 is 0 Å². The molecular weight excluding hydrogens is 478 g/mol. The smallest absolute Gasteiger partial charge is 0.251 e. The Morgan fingerprint density at radius 1 is 0.861 bits per heavy atom. The number of hydrogen-bond donors (Lipinski definition) is 3. The van der Waals surface area contributed by atoms with Crippen molar-refractivity contribution >= 4 is 32.7 Å². The fourth-order valence-electron chi connectivity index (χ4n) is 3.80. The average molecular weight is 506 g/mol. The third kappa shape index (κ3) is 5.78. The summed E-state index contributed by atoms with van der Waals surface area (Å²) in [5.74, 6) is -0.380. The van der Waals surface area contributed by atoms with Crippen molar-refractivity contribution in [3.8, 4) is 16.9 Å². The molecular formula is C26H27N5O4S. The molecule has 0 atom stereocenters. The molecule has 0 aliphatic heterocycles. The maximum absolute atomic E-state index is 12.5. The Balaban J connectivity index is 1.53. The largest absolute Gasteiger partial charge is 0.355 e. The molecule has 2 amide bonds. The summed E-state index contributed by atoms with van der Waals surface area (Å²) >= 11 is 0. The van der Waals surface area contributed by atoms with Crippen LogP contribution in [0.4, 0.5) is 0 Å². The van der Waals surface area contributed by atoms with Gasteiger partial charge in [0, 0.05) is 42.2 Å². The van der Waals surface area contributed by atoms with Gasteiger partial charge in [-0.1, -0.05) is 30.3 Å². The summed E-state index contributed by atoms with van der Waals surface area (Å²) in [7, 11) is -1.64. The molecule has 1 heterocycles. The average Bonchev–Trinajstić information content (AvgIpc) is 3.27. The first kappa shape index (κ1) is 25.1. The van der Waals surface area contributed by atoms with Gasteiger partial charge in [0.1, 0.15) is 5.69 Å². The van der Waals surface area contributed by atoms with Crippen LogP contribution in [0.15, 0.2) is 72.8 Å². The summed E-state index contributed by atoms with van der Waals surface area (Å²) < 4.78 is 26.4. The van der Waals surface area contributed by atoms with Crippen molar-refractivity contribution in [2.45, 2.75) is 6.42 Å². The van der Waals surface area contributed by atoms with Gasteiger partial charge in [0.15, 0.2) is 0 Å². The lowest BCUT2D eigenvalue weighted by molar-refractivity contribution is 0.0949. The Labute approximate surface area is 209 Å². The third-order valence-corrected chi connectivity index (χ3v) is 6.34. The quantitative estimate of drug-likeness (QED) is 0.302. The molecule has 3 N–H and O–H groups in total. The van der Waals surface area contributed by atoms with Crippen LogP contribution in [0.1, 0.15) is 27.1 Å². The standard InChI is InChI=1S/C26H27N5O4S/c1-27-25(32)19-12-14-21(15-13-19)31-23-7-4-3-6-22(23)24(30-31)18-8-10-20(11-9-18)26(33)28-16-5-17-29-36(2,34)35/h3-4,6-15,29H,5,16-17H2,1-2H3,(H,27,32)(H,28,33). The molecule has 10 heteroatoms. The molecule has 4 aromatic rings. The van der Waals surface area contributed by atoms with Gasteiger partial charge in [0.25, 0.3) is 11.8 Å². The van der Waals surface area contributed by atoms with Crippen LogP contribution in [-0.4, -0.2) is 56.4 Å². The number of fused-ring (bicyclic) bond motifs is 1. The molecule has 0 aliphatic rings. The number of sulfonamides is 1. The Kier molecular flexibility index (Phi) is 7.47. The zero-order valence-electron chi connectivity index (χ0n) is 20.0. The van der Waals surface area contributed by atoms with Crippen LogP contribution < -0.4 is 15.4 Å². The monoisotopic (exact) mass is 505 g/mol. The maximum Gasteiger partial charge on any atom is 0.251 e. The molecule has 0 unspecified atom stereocenters. The number of aromatic nitrogens is 2. The van der Waals surface area contributed by atoms with Gasteiger partial charge < -0.3 is 10.6 Å². The molecule has 0 bridgehead atoms. The molecule has 1 aromatic heterocycles. The highest BCUT2D eigenvalue weighted by Gasteiger charge is 2.15. The second-order valence-corrected chi connectivity index (χ2v) is 10.1. The van der Waals surface area contributed by atoms with E-state index in [1.807, 2.05) is 53.2 Å². The summed E-state index contributed by atoms with van der Waals surface area (Å²) in [5, 5.41) is 11.2. The molecule has 0 radical (unpaired) electrons. The highest BCUT2D eigenvalue weighted by atomic mass is 32.2. The Bertz CT molecular complexity index is 1490. The molecule has 0 saturated carbocycles. The summed E-state index contributed by atoms with van der Waals surface area (Å²) in [6.45, 7) is 0.624. The highest BCUT2D eigenvalue weighted by molar-refractivity contribution is 7.88. The highest BCUT2D eigenvalue weighted by Crippen LogP contribution is 2.30. The second kappa shape index (κ2) is 10.7. The Morgan fingerprint density at radius 3 is 2.17 bits per heavy atom. The molecule has 0 saturated heterocycles. The lowest BCUT2D eigenvalue weighted by atomic mass is 10.1. The second-order valence-electron chi connectivity index (χ2n) is 8.26. The molecule has 186 valence electrons. The topological polar surface area (TPSA) is 122 Å². The molecule has 3 aromatic carbocycles. The van der Waals surface area contributed by atoms with Crippen molar-refractivity contribution < 1.29 is 18.0 Å². The maximum atomic E-state index is 12.5. The van der Waals surface area contributed by atoms with Crippen LogP contribution in [0.5, 0.6) is 0 Å². The number of nitrogens with zero attached hydrogens (tertiary/aromatic N) is 2. The van der Waals surface area contributed by atoms with Gasteiger partial charge in [-0.15, -0.1) is 0 Å². The predicted molar refractivity (Wildman–Crippen MR) is 140 cm³/mol. The van der Waals surface area contributed by atoms with Gasteiger partial charge in [0.05, 0.1) is 17.5 Å². The molecule has 0 fully saturated rings. The van der Waals surface area contributed by atoms with Crippen molar-refractivity contribution in [1.29, 1.82) is 0 Å². The minimum atomic E-state index is -3.23. The number of hydrogen-bond acceptors (Lipinski definition) is 5. The summed E-state index contributed by atoms with van der Waals surface area (Å²) in [4.78, 5) is 24.3. The van der Waals surface area contributed by atoms with Gasteiger partial charge in [-0.3, -0.25) is 9.59 Å². The van der Waals surface area contributed by atoms with Crippen molar-refractivity contribution in [1.82, 2.24) is 25.1 Å². The van der Waals surface area contributed by atoms with Crippen molar-refractivity contribution in [3.63, 3.8) is 0 Å². The van der Waals surface area contributed by atoms with Crippen LogP contribution in [0.2, 0.25) is 0 Å².